The Hall–Kier alpha value is -0.0800. The van der Waals surface area contributed by atoms with Gasteiger partial charge in [-0.2, -0.15) is 0 Å². The van der Waals surface area contributed by atoms with Crippen LogP contribution in [0.2, 0.25) is 0 Å². The molecule has 2 aliphatic carbocycles. The maximum atomic E-state index is 10.4. The number of rotatable bonds is 4. The Bertz CT molecular complexity index is 394. The predicted octanol–water partition coefficient (Wildman–Crippen LogP) is 1.56. The van der Waals surface area contributed by atoms with Gasteiger partial charge in [-0.05, 0) is 31.6 Å². The van der Waals surface area contributed by atoms with E-state index in [4.69, 9.17) is 0 Å². The van der Waals surface area contributed by atoms with Gasteiger partial charge in [-0.25, -0.2) is 0 Å². The number of hydrogen-bond donors (Lipinski definition) is 3. The van der Waals surface area contributed by atoms with Gasteiger partial charge in [0, 0.05) is 38.8 Å². The van der Waals surface area contributed by atoms with Gasteiger partial charge in [-0.15, -0.1) is 24.0 Å². The summed E-state index contributed by atoms with van der Waals surface area (Å²) in [5, 5.41) is 17.3. The molecule has 1 saturated heterocycles. The molecular weight excluding hydrogens is 391 g/mol. The zero-order valence-corrected chi connectivity index (χ0v) is 16.2. The number of aliphatic hydroxyl groups is 1. The van der Waals surface area contributed by atoms with Gasteiger partial charge in [-0.1, -0.05) is 19.8 Å². The molecular formula is C16H31IN4O. The molecule has 22 heavy (non-hydrogen) atoms. The fourth-order valence-corrected chi connectivity index (χ4v) is 3.76. The van der Waals surface area contributed by atoms with Crippen LogP contribution in [0.4, 0.5) is 0 Å². The highest BCUT2D eigenvalue weighted by Crippen LogP contribution is 2.32. The molecule has 3 fully saturated rings. The Morgan fingerprint density at radius 1 is 1.27 bits per heavy atom. The van der Waals surface area contributed by atoms with E-state index < -0.39 is 5.60 Å². The molecule has 0 aromatic carbocycles. The van der Waals surface area contributed by atoms with Gasteiger partial charge >= 0.3 is 0 Å². The smallest absolute Gasteiger partial charge is 0.191 e. The Morgan fingerprint density at radius 2 is 1.95 bits per heavy atom. The standard InChI is InChI=1S/C16H30N4O.HI/c1-12-9-20(13-5-6-13)10-14(12)19-15(17-2)18-11-16(21)7-3-4-8-16;/h12-14,21H,3-11H2,1-2H3,(H2,17,18,19);1H. The first-order chi connectivity index (χ1) is 10.1. The number of halogens is 1. The third-order valence-corrected chi connectivity index (χ3v) is 5.37. The van der Waals surface area contributed by atoms with Crippen LogP contribution >= 0.6 is 24.0 Å². The molecule has 2 unspecified atom stereocenters. The molecule has 1 heterocycles. The van der Waals surface area contributed by atoms with Gasteiger partial charge in [0.05, 0.1) is 5.60 Å². The highest BCUT2D eigenvalue weighted by atomic mass is 127. The van der Waals surface area contributed by atoms with Crippen LogP contribution in [0.1, 0.15) is 45.4 Å². The quantitative estimate of drug-likeness (QED) is 0.366. The fraction of sp³-hybridized carbons (Fsp3) is 0.938. The third kappa shape index (κ3) is 4.47. The summed E-state index contributed by atoms with van der Waals surface area (Å²) < 4.78 is 0. The number of hydrogen-bond acceptors (Lipinski definition) is 3. The number of nitrogens with zero attached hydrogens (tertiary/aromatic N) is 2. The lowest BCUT2D eigenvalue weighted by Gasteiger charge is -2.26. The minimum absolute atomic E-state index is 0. The van der Waals surface area contributed by atoms with Crippen LogP contribution in [0.25, 0.3) is 0 Å². The lowest BCUT2D eigenvalue weighted by atomic mass is 10.0. The van der Waals surface area contributed by atoms with Gasteiger partial charge in [0.15, 0.2) is 5.96 Å². The monoisotopic (exact) mass is 422 g/mol. The van der Waals surface area contributed by atoms with E-state index >= 15 is 0 Å². The van der Waals surface area contributed by atoms with Crippen molar-refractivity contribution in [3.05, 3.63) is 0 Å². The lowest BCUT2D eigenvalue weighted by Crippen LogP contribution is -2.50. The second-order valence-electron chi connectivity index (χ2n) is 7.27. The van der Waals surface area contributed by atoms with E-state index in [0.29, 0.717) is 18.5 Å². The second kappa shape index (κ2) is 7.66. The summed E-state index contributed by atoms with van der Waals surface area (Å²) in [6, 6.07) is 1.31. The van der Waals surface area contributed by atoms with Crippen molar-refractivity contribution >= 4 is 29.9 Å². The Kier molecular flexibility index (Phi) is 6.36. The van der Waals surface area contributed by atoms with Crippen molar-refractivity contribution < 1.29 is 5.11 Å². The maximum absolute atomic E-state index is 10.4. The molecule has 0 spiro atoms. The molecule has 0 aromatic heterocycles. The van der Waals surface area contributed by atoms with E-state index in [-0.39, 0.29) is 24.0 Å². The van der Waals surface area contributed by atoms with Gasteiger partial charge in [0.2, 0.25) is 0 Å². The van der Waals surface area contributed by atoms with Crippen molar-refractivity contribution in [3.63, 3.8) is 0 Å². The highest BCUT2D eigenvalue weighted by molar-refractivity contribution is 14.0. The van der Waals surface area contributed by atoms with E-state index in [1.165, 1.54) is 19.4 Å². The molecule has 0 amide bonds. The molecule has 2 atom stereocenters. The minimum atomic E-state index is -0.529. The van der Waals surface area contributed by atoms with Crippen LogP contribution in [0.3, 0.4) is 0 Å². The van der Waals surface area contributed by atoms with E-state index in [1.54, 1.807) is 0 Å². The summed E-state index contributed by atoms with van der Waals surface area (Å²) in [7, 11) is 1.81. The van der Waals surface area contributed by atoms with Crippen molar-refractivity contribution in [2.24, 2.45) is 10.9 Å². The van der Waals surface area contributed by atoms with Crippen LogP contribution in [-0.2, 0) is 0 Å². The topological polar surface area (TPSA) is 59.9 Å². The number of likely N-dealkylation sites (tertiary alicyclic amines) is 1. The van der Waals surface area contributed by atoms with Crippen LogP contribution in [0.5, 0.6) is 0 Å². The first-order valence-corrected chi connectivity index (χ1v) is 8.53. The van der Waals surface area contributed by atoms with Crippen LogP contribution in [0, 0.1) is 5.92 Å². The predicted molar refractivity (Wildman–Crippen MR) is 101 cm³/mol. The molecule has 2 saturated carbocycles. The summed E-state index contributed by atoms with van der Waals surface area (Å²) >= 11 is 0. The molecule has 6 heteroatoms. The number of nitrogens with one attached hydrogen (secondary N) is 2. The fourth-order valence-electron chi connectivity index (χ4n) is 3.76. The van der Waals surface area contributed by atoms with Crippen molar-refractivity contribution in [1.29, 1.82) is 0 Å². The van der Waals surface area contributed by atoms with Crippen molar-refractivity contribution in [3.8, 4) is 0 Å². The van der Waals surface area contributed by atoms with E-state index in [2.05, 4.69) is 27.4 Å². The summed E-state index contributed by atoms with van der Waals surface area (Å²) in [5.41, 5.74) is -0.529. The molecule has 5 nitrogen and oxygen atoms in total. The molecule has 3 aliphatic rings. The van der Waals surface area contributed by atoms with Crippen LogP contribution in [0.15, 0.2) is 4.99 Å². The highest BCUT2D eigenvalue weighted by Gasteiger charge is 2.38. The first-order valence-electron chi connectivity index (χ1n) is 8.53. The van der Waals surface area contributed by atoms with E-state index in [1.807, 2.05) is 7.05 Å². The average molecular weight is 422 g/mol. The third-order valence-electron chi connectivity index (χ3n) is 5.37. The normalized spacial score (nSPS) is 31.9. The summed E-state index contributed by atoms with van der Waals surface area (Å²) in [4.78, 5) is 6.94. The molecule has 3 N–H and O–H groups in total. The van der Waals surface area contributed by atoms with Crippen molar-refractivity contribution in [2.75, 3.05) is 26.7 Å². The lowest BCUT2D eigenvalue weighted by molar-refractivity contribution is 0.0521. The molecule has 1 aliphatic heterocycles. The Balaban J connectivity index is 0.00000176. The number of guanidine groups is 1. The summed E-state index contributed by atoms with van der Waals surface area (Å²) in [6.45, 7) is 5.25. The zero-order valence-electron chi connectivity index (χ0n) is 13.8. The van der Waals surface area contributed by atoms with Crippen molar-refractivity contribution in [2.45, 2.75) is 63.1 Å². The second-order valence-corrected chi connectivity index (χ2v) is 7.27. The molecule has 0 radical (unpaired) electrons. The molecule has 3 rings (SSSR count). The average Bonchev–Trinajstić information content (AvgIpc) is 3.14. The van der Waals surface area contributed by atoms with Crippen molar-refractivity contribution in [1.82, 2.24) is 15.5 Å². The molecule has 0 aromatic rings. The van der Waals surface area contributed by atoms with Crippen LogP contribution in [-0.4, -0.2) is 60.3 Å². The first kappa shape index (κ1) is 18.3. The largest absolute Gasteiger partial charge is 0.388 e. The maximum Gasteiger partial charge on any atom is 0.191 e. The zero-order chi connectivity index (χ0) is 14.9. The minimum Gasteiger partial charge on any atom is -0.388 e. The summed E-state index contributed by atoms with van der Waals surface area (Å²) in [6.07, 6.45) is 6.85. The molecule has 0 bridgehead atoms. The Labute approximate surface area is 151 Å². The number of aliphatic imine (C=N–C) groups is 1. The van der Waals surface area contributed by atoms with Gasteiger partial charge in [0.1, 0.15) is 0 Å². The Morgan fingerprint density at radius 3 is 2.55 bits per heavy atom. The van der Waals surface area contributed by atoms with E-state index in [9.17, 15) is 5.11 Å². The summed E-state index contributed by atoms with van der Waals surface area (Å²) in [5.74, 6) is 1.49. The molecule has 128 valence electrons. The SMILES string of the molecule is CN=C(NCC1(O)CCCC1)NC1CN(C2CC2)CC1C.I. The van der Waals surface area contributed by atoms with Gasteiger partial charge < -0.3 is 15.7 Å². The van der Waals surface area contributed by atoms with E-state index in [0.717, 1.165) is 44.2 Å². The van der Waals surface area contributed by atoms with Crippen LogP contribution < -0.4 is 10.6 Å². The van der Waals surface area contributed by atoms with Gasteiger partial charge in [-0.3, -0.25) is 9.89 Å². The van der Waals surface area contributed by atoms with Gasteiger partial charge in [0.25, 0.3) is 0 Å².